The topological polar surface area (TPSA) is 50.4 Å². The molecule has 1 saturated heterocycles. The molecule has 1 amide bonds. The third kappa shape index (κ3) is 2.96. The van der Waals surface area contributed by atoms with E-state index in [4.69, 9.17) is 4.74 Å². The van der Waals surface area contributed by atoms with Gasteiger partial charge in [-0.1, -0.05) is 26.0 Å². The first-order valence-corrected chi connectivity index (χ1v) is 7.20. The maximum absolute atomic E-state index is 12.5. The zero-order valence-electron chi connectivity index (χ0n) is 12.5. The van der Waals surface area contributed by atoms with Crippen molar-refractivity contribution in [2.24, 2.45) is 11.3 Å². The molecule has 1 heterocycles. The SMILES string of the molecule is COc1ccc(CNC(=O)C2(C(C)C)CCNC2)cc1. The highest BCUT2D eigenvalue weighted by atomic mass is 16.5. The number of hydrogen-bond donors (Lipinski definition) is 2. The minimum absolute atomic E-state index is 0.160. The average molecular weight is 276 g/mol. The molecule has 2 N–H and O–H groups in total. The maximum atomic E-state index is 12.5. The van der Waals surface area contributed by atoms with Crippen LogP contribution in [0.15, 0.2) is 24.3 Å². The van der Waals surface area contributed by atoms with E-state index in [0.29, 0.717) is 12.5 Å². The molecule has 20 heavy (non-hydrogen) atoms. The van der Waals surface area contributed by atoms with E-state index in [9.17, 15) is 4.79 Å². The van der Waals surface area contributed by atoms with Crippen LogP contribution in [0.2, 0.25) is 0 Å². The summed E-state index contributed by atoms with van der Waals surface area (Å²) >= 11 is 0. The average Bonchev–Trinajstić information content (AvgIpc) is 2.96. The van der Waals surface area contributed by atoms with E-state index >= 15 is 0 Å². The molecule has 0 radical (unpaired) electrons. The molecule has 4 nitrogen and oxygen atoms in total. The highest BCUT2D eigenvalue weighted by Gasteiger charge is 2.43. The van der Waals surface area contributed by atoms with Crippen molar-refractivity contribution in [1.29, 1.82) is 0 Å². The van der Waals surface area contributed by atoms with Crippen LogP contribution in [0, 0.1) is 11.3 Å². The van der Waals surface area contributed by atoms with Crippen LogP contribution in [0.25, 0.3) is 0 Å². The first kappa shape index (κ1) is 14.9. The Balaban J connectivity index is 1.96. The Kier molecular flexibility index (Phi) is 4.65. The summed E-state index contributed by atoms with van der Waals surface area (Å²) in [6.07, 6.45) is 0.916. The Bertz CT molecular complexity index is 448. The summed E-state index contributed by atoms with van der Waals surface area (Å²) in [4.78, 5) is 12.5. The molecule has 2 rings (SSSR count). The number of carbonyl (C=O) groups is 1. The van der Waals surface area contributed by atoms with Crippen molar-refractivity contribution in [1.82, 2.24) is 10.6 Å². The molecule has 1 aromatic rings. The van der Waals surface area contributed by atoms with E-state index in [2.05, 4.69) is 24.5 Å². The molecule has 0 bridgehead atoms. The number of amides is 1. The highest BCUT2D eigenvalue weighted by Crippen LogP contribution is 2.34. The van der Waals surface area contributed by atoms with Crippen molar-refractivity contribution in [3.63, 3.8) is 0 Å². The third-order valence-corrected chi connectivity index (χ3v) is 4.36. The molecule has 4 heteroatoms. The Morgan fingerprint density at radius 2 is 2.10 bits per heavy atom. The third-order valence-electron chi connectivity index (χ3n) is 4.36. The fraction of sp³-hybridized carbons (Fsp3) is 0.562. The lowest BCUT2D eigenvalue weighted by atomic mass is 9.75. The van der Waals surface area contributed by atoms with Crippen LogP contribution in [0.3, 0.4) is 0 Å². The summed E-state index contributed by atoms with van der Waals surface area (Å²) in [5.41, 5.74) is 0.830. The molecule has 0 aromatic heterocycles. The van der Waals surface area contributed by atoms with Gasteiger partial charge in [-0.3, -0.25) is 4.79 Å². The smallest absolute Gasteiger partial charge is 0.228 e. The number of nitrogens with one attached hydrogen (secondary N) is 2. The Morgan fingerprint density at radius 1 is 1.40 bits per heavy atom. The second-order valence-electron chi connectivity index (χ2n) is 5.77. The van der Waals surface area contributed by atoms with Gasteiger partial charge in [0.05, 0.1) is 12.5 Å². The van der Waals surface area contributed by atoms with Gasteiger partial charge in [0.1, 0.15) is 5.75 Å². The zero-order valence-corrected chi connectivity index (χ0v) is 12.5. The van der Waals surface area contributed by atoms with Crippen molar-refractivity contribution >= 4 is 5.91 Å². The van der Waals surface area contributed by atoms with Crippen LogP contribution < -0.4 is 15.4 Å². The number of methoxy groups -OCH3 is 1. The van der Waals surface area contributed by atoms with E-state index in [0.717, 1.165) is 30.8 Å². The van der Waals surface area contributed by atoms with Gasteiger partial charge in [-0.15, -0.1) is 0 Å². The maximum Gasteiger partial charge on any atom is 0.228 e. The Morgan fingerprint density at radius 3 is 2.60 bits per heavy atom. The lowest BCUT2D eigenvalue weighted by Gasteiger charge is -2.31. The molecule has 1 unspecified atom stereocenters. The fourth-order valence-corrected chi connectivity index (χ4v) is 2.76. The van der Waals surface area contributed by atoms with Crippen molar-refractivity contribution in [3.05, 3.63) is 29.8 Å². The summed E-state index contributed by atoms with van der Waals surface area (Å²) in [6, 6.07) is 7.79. The van der Waals surface area contributed by atoms with Crippen LogP contribution in [0.5, 0.6) is 5.75 Å². The first-order valence-electron chi connectivity index (χ1n) is 7.20. The molecule has 0 aliphatic carbocycles. The number of hydrogen-bond acceptors (Lipinski definition) is 3. The molecule has 0 saturated carbocycles. The number of rotatable bonds is 5. The van der Waals surface area contributed by atoms with Gasteiger partial charge in [-0.05, 0) is 36.6 Å². The first-order chi connectivity index (χ1) is 9.58. The van der Waals surface area contributed by atoms with Crippen molar-refractivity contribution in [3.8, 4) is 5.75 Å². The summed E-state index contributed by atoms with van der Waals surface area (Å²) in [6.45, 7) is 6.52. The van der Waals surface area contributed by atoms with Crippen LogP contribution in [0.1, 0.15) is 25.8 Å². The van der Waals surface area contributed by atoms with Crippen LogP contribution in [0.4, 0.5) is 0 Å². The standard InChI is InChI=1S/C16H24N2O2/c1-12(2)16(8-9-17-11-16)15(19)18-10-13-4-6-14(20-3)7-5-13/h4-7,12,17H,8-11H2,1-3H3,(H,18,19). The number of ether oxygens (including phenoxy) is 1. The second kappa shape index (κ2) is 6.27. The van der Waals surface area contributed by atoms with Gasteiger partial charge < -0.3 is 15.4 Å². The van der Waals surface area contributed by atoms with Gasteiger partial charge in [0.25, 0.3) is 0 Å². The number of benzene rings is 1. The molecule has 1 atom stereocenters. The zero-order chi connectivity index (χ0) is 14.6. The molecule has 1 fully saturated rings. The van der Waals surface area contributed by atoms with Gasteiger partial charge in [-0.2, -0.15) is 0 Å². The normalized spacial score (nSPS) is 22.0. The molecular formula is C16H24N2O2. The largest absolute Gasteiger partial charge is 0.497 e. The van der Waals surface area contributed by atoms with Crippen LogP contribution in [-0.4, -0.2) is 26.1 Å². The van der Waals surface area contributed by atoms with Gasteiger partial charge in [0.2, 0.25) is 5.91 Å². The predicted molar refractivity (Wildman–Crippen MR) is 79.6 cm³/mol. The van der Waals surface area contributed by atoms with E-state index in [1.807, 2.05) is 24.3 Å². The molecular weight excluding hydrogens is 252 g/mol. The quantitative estimate of drug-likeness (QED) is 0.864. The minimum Gasteiger partial charge on any atom is -0.497 e. The predicted octanol–water partition coefficient (Wildman–Crippen LogP) is 1.95. The molecule has 1 aliphatic heterocycles. The van der Waals surface area contributed by atoms with Crippen LogP contribution in [-0.2, 0) is 11.3 Å². The van der Waals surface area contributed by atoms with E-state index in [1.54, 1.807) is 7.11 Å². The minimum atomic E-state index is -0.257. The van der Waals surface area contributed by atoms with Gasteiger partial charge >= 0.3 is 0 Å². The highest BCUT2D eigenvalue weighted by molar-refractivity contribution is 5.83. The Hall–Kier alpha value is -1.55. The summed E-state index contributed by atoms with van der Waals surface area (Å²) in [7, 11) is 1.65. The number of carbonyl (C=O) groups excluding carboxylic acids is 1. The van der Waals surface area contributed by atoms with Gasteiger partial charge in [0, 0.05) is 13.1 Å². The second-order valence-corrected chi connectivity index (χ2v) is 5.77. The molecule has 110 valence electrons. The fourth-order valence-electron chi connectivity index (χ4n) is 2.76. The monoisotopic (exact) mass is 276 g/mol. The van der Waals surface area contributed by atoms with E-state index < -0.39 is 0 Å². The molecule has 1 aromatic carbocycles. The lowest BCUT2D eigenvalue weighted by Crippen LogP contribution is -2.45. The summed E-state index contributed by atoms with van der Waals surface area (Å²) < 4.78 is 5.13. The molecule has 1 aliphatic rings. The summed E-state index contributed by atoms with van der Waals surface area (Å²) in [5, 5.41) is 6.39. The van der Waals surface area contributed by atoms with Crippen molar-refractivity contribution in [2.45, 2.75) is 26.8 Å². The summed E-state index contributed by atoms with van der Waals surface area (Å²) in [5.74, 6) is 1.33. The van der Waals surface area contributed by atoms with Gasteiger partial charge in [-0.25, -0.2) is 0 Å². The van der Waals surface area contributed by atoms with Crippen molar-refractivity contribution < 1.29 is 9.53 Å². The van der Waals surface area contributed by atoms with Gasteiger partial charge in [0.15, 0.2) is 0 Å². The lowest BCUT2D eigenvalue weighted by molar-refractivity contribution is -0.132. The Labute approximate surface area is 120 Å². The molecule has 0 spiro atoms. The van der Waals surface area contributed by atoms with E-state index in [-0.39, 0.29) is 11.3 Å². The van der Waals surface area contributed by atoms with E-state index in [1.165, 1.54) is 0 Å². The van der Waals surface area contributed by atoms with Crippen LogP contribution >= 0.6 is 0 Å². The van der Waals surface area contributed by atoms with Crippen molar-refractivity contribution in [2.75, 3.05) is 20.2 Å².